The molecule has 0 nitrogen and oxygen atoms in total. The van der Waals surface area contributed by atoms with Crippen molar-refractivity contribution in [2.45, 2.75) is 50.5 Å². The van der Waals surface area contributed by atoms with Gasteiger partial charge in [-0.1, -0.05) is 0 Å². The van der Waals surface area contributed by atoms with Crippen molar-refractivity contribution in [1.82, 2.24) is 0 Å². The van der Waals surface area contributed by atoms with Crippen LogP contribution in [0.5, 0.6) is 0 Å². The number of rotatable bonds is 2. The first kappa shape index (κ1) is 9.68. The van der Waals surface area contributed by atoms with Crippen molar-refractivity contribution in [2.75, 3.05) is 0 Å². The van der Waals surface area contributed by atoms with E-state index in [1.165, 1.54) is 32.1 Å². The van der Waals surface area contributed by atoms with Gasteiger partial charge in [-0.05, 0) is 0 Å². The molecule has 0 bridgehead atoms. The van der Waals surface area contributed by atoms with Gasteiger partial charge in [0, 0.05) is 0 Å². The summed E-state index contributed by atoms with van der Waals surface area (Å²) >= 11 is 2.44. The molecule has 1 fully saturated rings. The summed E-state index contributed by atoms with van der Waals surface area (Å²) < 4.78 is 1.01. The minimum absolute atomic E-state index is 0.903. The Kier molecular flexibility index (Phi) is 4.03. The van der Waals surface area contributed by atoms with Gasteiger partial charge in [-0.3, -0.25) is 0 Å². The van der Waals surface area contributed by atoms with Crippen LogP contribution in [-0.2, 0) is 0 Å². The summed E-state index contributed by atoms with van der Waals surface area (Å²) in [6, 6.07) is 0. The molecular weight excluding hydrogens is 127 g/mol. The van der Waals surface area contributed by atoms with E-state index in [1.54, 1.807) is 0 Å². The molecule has 1 rings (SSSR count). The molecular formula is C10H19Li. The third-order valence-electron chi connectivity index (χ3n) is 3.06. The van der Waals surface area contributed by atoms with Crippen molar-refractivity contribution < 1.29 is 0 Å². The normalized spacial score (nSPS) is 32.8. The van der Waals surface area contributed by atoms with Crippen molar-refractivity contribution in [1.29, 1.82) is 0 Å². The van der Waals surface area contributed by atoms with Gasteiger partial charge >= 0.3 is 80.1 Å². The van der Waals surface area contributed by atoms with E-state index in [0.29, 0.717) is 0 Å². The van der Waals surface area contributed by atoms with Crippen molar-refractivity contribution in [3.63, 3.8) is 0 Å². The van der Waals surface area contributed by atoms with Gasteiger partial charge in [-0.25, -0.2) is 0 Å². The van der Waals surface area contributed by atoms with Gasteiger partial charge in [0.05, 0.1) is 0 Å². The van der Waals surface area contributed by atoms with Crippen LogP contribution in [0.1, 0.15) is 46.0 Å². The standard InChI is InChI=1S/C10H19.Li/c1-9(2)8-10-6-4-3-5-7-10;/h6,9-10H,3-5,7-8H2,1-2H3;. The van der Waals surface area contributed by atoms with Gasteiger partial charge in [-0.15, -0.1) is 0 Å². The van der Waals surface area contributed by atoms with Crippen LogP contribution in [0.25, 0.3) is 0 Å². The van der Waals surface area contributed by atoms with Crippen LogP contribution in [-0.4, -0.2) is 17.7 Å². The van der Waals surface area contributed by atoms with Gasteiger partial charge in [-0.2, -0.15) is 0 Å². The van der Waals surface area contributed by atoms with Crippen LogP contribution >= 0.6 is 0 Å². The molecule has 0 N–H and O–H groups in total. The summed E-state index contributed by atoms with van der Waals surface area (Å²) in [5.41, 5.74) is 0. The Morgan fingerprint density at radius 1 is 1.27 bits per heavy atom. The third-order valence-corrected chi connectivity index (χ3v) is 3.06. The zero-order chi connectivity index (χ0) is 8.27. The minimum atomic E-state index is 0.903. The monoisotopic (exact) mass is 146 g/mol. The first-order valence-electron chi connectivity index (χ1n) is 5.20. The van der Waals surface area contributed by atoms with E-state index in [2.05, 4.69) is 31.6 Å². The summed E-state index contributed by atoms with van der Waals surface area (Å²) in [6.07, 6.45) is 7.41. The van der Waals surface area contributed by atoms with Gasteiger partial charge in [0.15, 0.2) is 0 Å². The van der Waals surface area contributed by atoms with Crippen LogP contribution < -0.4 is 0 Å². The molecule has 0 amide bonds. The predicted octanol–water partition coefficient (Wildman–Crippen LogP) is 3.18. The Morgan fingerprint density at radius 2 is 1.91 bits per heavy atom. The summed E-state index contributed by atoms with van der Waals surface area (Å²) in [7, 11) is 0. The fourth-order valence-electron chi connectivity index (χ4n) is 2.35. The molecule has 1 saturated carbocycles. The van der Waals surface area contributed by atoms with Gasteiger partial charge in [0.2, 0.25) is 0 Å². The summed E-state index contributed by atoms with van der Waals surface area (Å²) in [4.78, 5) is 0. The second-order valence-corrected chi connectivity index (χ2v) is 4.65. The predicted molar refractivity (Wildman–Crippen MR) is 50.9 cm³/mol. The molecule has 1 aliphatic rings. The number of hydrogen-bond acceptors (Lipinski definition) is 0. The quantitative estimate of drug-likeness (QED) is 0.525. The van der Waals surface area contributed by atoms with Crippen LogP contribution in [0.4, 0.5) is 0 Å². The Bertz CT molecular complexity index is 109. The van der Waals surface area contributed by atoms with E-state index in [4.69, 9.17) is 0 Å². The molecule has 0 saturated heterocycles. The Morgan fingerprint density at radius 3 is 2.45 bits per heavy atom. The van der Waals surface area contributed by atoms with Crippen LogP contribution in [0.3, 0.4) is 0 Å². The van der Waals surface area contributed by atoms with Crippen LogP contribution in [0.2, 0.25) is 4.59 Å². The molecule has 0 radical (unpaired) electrons. The van der Waals surface area contributed by atoms with Gasteiger partial charge in [0.1, 0.15) is 0 Å². The zero-order valence-electron chi connectivity index (χ0n) is 8.27. The fraction of sp³-hybridized carbons (Fsp3) is 1.00. The van der Waals surface area contributed by atoms with Crippen molar-refractivity contribution >= 4 is 17.7 Å². The average molecular weight is 146 g/mol. The molecule has 0 aromatic rings. The summed E-state index contributed by atoms with van der Waals surface area (Å²) in [6.45, 7) is 4.70. The zero-order valence-corrected chi connectivity index (χ0v) is 8.27. The van der Waals surface area contributed by atoms with Crippen molar-refractivity contribution in [3.05, 3.63) is 0 Å². The van der Waals surface area contributed by atoms with Crippen molar-refractivity contribution in [2.24, 2.45) is 11.8 Å². The molecule has 0 aromatic heterocycles. The van der Waals surface area contributed by atoms with E-state index in [9.17, 15) is 0 Å². The Balaban J connectivity index is 2.29. The molecule has 2 unspecified atom stereocenters. The molecule has 1 heteroatoms. The van der Waals surface area contributed by atoms with Crippen LogP contribution in [0, 0.1) is 11.8 Å². The summed E-state index contributed by atoms with van der Waals surface area (Å²) in [5, 5.41) is 0. The van der Waals surface area contributed by atoms with E-state index < -0.39 is 0 Å². The average Bonchev–Trinajstić information content (AvgIpc) is 1.93. The molecule has 11 heavy (non-hydrogen) atoms. The maximum atomic E-state index is 2.44. The van der Waals surface area contributed by atoms with E-state index in [-0.39, 0.29) is 0 Å². The molecule has 0 spiro atoms. The molecule has 0 heterocycles. The van der Waals surface area contributed by atoms with E-state index in [1.807, 2.05) is 0 Å². The first-order chi connectivity index (χ1) is 5.20. The second kappa shape index (κ2) is 4.58. The molecule has 1 aliphatic carbocycles. The Labute approximate surface area is 80.3 Å². The molecule has 60 valence electrons. The molecule has 0 aromatic carbocycles. The second-order valence-electron chi connectivity index (χ2n) is 4.65. The molecule has 2 atom stereocenters. The van der Waals surface area contributed by atoms with E-state index in [0.717, 1.165) is 16.4 Å². The summed E-state index contributed by atoms with van der Waals surface area (Å²) in [5.74, 6) is 1.95. The topological polar surface area (TPSA) is 0 Å². The SMILES string of the molecule is [Li][CH]1CCCCC1CC(C)C. The third kappa shape index (κ3) is 3.22. The number of hydrogen-bond donors (Lipinski definition) is 0. The first-order valence-corrected chi connectivity index (χ1v) is 5.20. The Hall–Kier alpha value is 0.597. The van der Waals surface area contributed by atoms with Gasteiger partial charge < -0.3 is 0 Å². The van der Waals surface area contributed by atoms with Crippen molar-refractivity contribution in [3.8, 4) is 0 Å². The molecule has 0 aliphatic heterocycles. The van der Waals surface area contributed by atoms with Gasteiger partial charge in [0.25, 0.3) is 0 Å². The van der Waals surface area contributed by atoms with E-state index >= 15 is 0 Å². The fourth-order valence-corrected chi connectivity index (χ4v) is 2.35. The maximum absolute atomic E-state index is 2.44. The van der Waals surface area contributed by atoms with Crippen LogP contribution in [0.15, 0.2) is 0 Å².